The van der Waals surface area contributed by atoms with Crippen molar-refractivity contribution >= 4 is 5.91 Å². The van der Waals surface area contributed by atoms with Crippen molar-refractivity contribution in [3.63, 3.8) is 0 Å². The molecule has 2 heterocycles. The second kappa shape index (κ2) is 7.76. The van der Waals surface area contributed by atoms with Gasteiger partial charge in [-0.3, -0.25) is 0 Å². The zero-order valence-electron chi connectivity index (χ0n) is 9.36. The van der Waals surface area contributed by atoms with Gasteiger partial charge in [-0.05, 0) is 17.8 Å². The minimum atomic E-state index is -0.900. The smallest absolute Gasteiger partial charge is 0.168 e. The Balaban J connectivity index is 0.00000144. The third-order valence-corrected chi connectivity index (χ3v) is 1.81. The predicted octanol–water partition coefficient (Wildman–Crippen LogP) is 0.138. The van der Waals surface area contributed by atoms with E-state index in [0.717, 1.165) is 0 Å². The van der Waals surface area contributed by atoms with Crippen molar-refractivity contribution in [1.82, 2.24) is 30.2 Å². The van der Waals surface area contributed by atoms with E-state index >= 15 is 0 Å². The third kappa shape index (κ3) is 3.97. The van der Waals surface area contributed by atoms with Gasteiger partial charge in [0.25, 0.3) is 0 Å². The van der Waals surface area contributed by atoms with Crippen molar-refractivity contribution in [2.24, 2.45) is 0 Å². The molecule has 10 heteroatoms. The summed E-state index contributed by atoms with van der Waals surface area (Å²) in [5, 5.41) is 11.5. The number of amides is 1. The number of aromatic nitrogens is 6. The number of nitrogens with zero attached hydrogens (tertiary/aromatic N) is 6. The van der Waals surface area contributed by atoms with E-state index in [0.29, 0.717) is 12.2 Å². The van der Waals surface area contributed by atoms with Gasteiger partial charge in [0.1, 0.15) is 0 Å². The summed E-state index contributed by atoms with van der Waals surface area (Å²) in [4.78, 5) is 19.5. The van der Waals surface area contributed by atoms with Crippen molar-refractivity contribution in [2.75, 3.05) is 0 Å². The van der Waals surface area contributed by atoms with E-state index < -0.39 is 5.91 Å². The van der Waals surface area contributed by atoms with Gasteiger partial charge in [0.05, 0.1) is 6.54 Å². The Morgan fingerprint density at radius 1 is 1.50 bits per heavy atom. The van der Waals surface area contributed by atoms with E-state index in [1.807, 2.05) is 6.92 Å². The van der Waals surface area contributed by atoms with Gasteiger partial charge in [-0.25, -0.2) is 0 Å². The topological polar surface area (TPSA) is 110 Å². The van der Waals surface area contributed by atoms with Crippen molar-refractivity contribution in [2.45, 2.75) is 13.5 Å². The maximum absolute atomic E-state index is 10.8. The molecule has 0 saturated carbocycles. The maximum Gasteiger partial charge on any atom is 0.168 e. The molecule has 0 atom stereocenters. The third-order valence-electron chi connectivity index (χ3n) is 1.81. The first-order valence-corrected chi connectivity index (χ1v) is 4.50. The standard InChI is InChI=1S/C8H8N7O.W.Y/c1-2-15-13-8(12-14-15)6-3-5(7(9)16)10-4-11-6;;/h3H,2H2,1H3,(H2,9,16);;/q-1;;/p-1. The molecule has 8 nitrogen and oxygen atoms in total. The van der Waals surface area contributed by atoms with Crippen molar-refractivity contribution in [3.05, 3.63) is 23.8 Å². The number of tetrazole rings is 1. The number of hydrogen-bond acceptors (Lipinski definition) is 6. The van der Waals surface area contributed by atoms with E-state index in [-0.39, 0.29) is 65.3 Å². The van der Waals surface area contributed by atoms with Gasteiger partial charge >= 0.3 is 0 Å². The molecule has 0 fully saturated rings. The van der Waals surface area contributed by atoms with Crippen LogP contribution in [0.2, 0.25) is 0 Å². The maximum atomic E-state index is 10.8. The van der Waals surface area contributed by atoms with Crippen LogP contribution in [0.15, 0.2) is 6.07 Å². The average Bonchev–Trinajstić information content (AvgIpc) is 2.77. The van der Waals surface area contributed by atoms with Crippen LogP contribution in [0.25, 0.3) is 17.3 Å². The van der Waals surface area contributed by atoms with Gasteiger partial charge in [0.15, 0.2) is 5.82 Å². The Morgan fingerprint density at radius 3 is 2.78 bits per heavy atom. The molecule has 0 saturated heterocycles. The first-order chi connectivity index (χ1) is 7.70. The Hall–Kier alpha value is -0.588. The Labute approximate surface area is 142 Å². The summed E-state index contributed by atoms with van der Waals surface area (Å²) < 4.78 is 0. The second-order valence-electron chi connectivity index (χ2n) is 2.87. The molecule has 91 valence electrons. The summed E-state index contributed by atoms with van der Waals surface area (Å²) in [5.41, 5.74) is 7.19. The fourth-order valence-corrected chi connectivity index (χ4v) is 1.04. The SMILES string of the molecule is CCn1nnc(-c2cc(C([NH-])=O)n[c-]n2)n1.[W].[Y]. The average molecular weight is 490 g/mol. The number of aryl methyl sites for hydroxylation is 1. The summed E-state index contributed by atoms with van der Waals surface area (Å²) in [5.74, 6) is -0.620. The van der Waals surface area contributed by atoms with E-state index in [1.54, 1.807) is 0 Å². The molecule has 2 aromatic heterocycles. The number of hydrogen-bond donors (Lipinski definition) is 0. The monoisotopic (exact) mass is 490 g/mol. The van der Waals surface area contributed by atoms with Gasteiger partial charge < -0.3 is 20.5 Å². The van der Waals surface area contributed by atoms with E-state index in [1.165, 1.54) is 10.9 Å². The van der Waals surface area contributed by atoms with Crippen LogP contribution in [0.1, 0.15) is 17.4 Å². The number of carbonyl (C=O) groups excluding carboxylic acids is 1. The van der Waals surface area contributed by atoms with Gasteiger partial charge in [0, 0.05) is 71.7 Å². The van der Waals surface area contributed by atoms with Crippen LogP contribution in [0.4, 0.5) is 0 Å². The van der Waals surface area contributed by atoms with Crippen molar-refractivity contribution in [3.8, 4) is 11.5 Å². The Kier molecular flexibility index (Phi) is 7.51. The zero-order chi connectivity index (χ0) is 11.5. The first kappa shape index (κ1) is 17.4. The zero-order valence-corrected chi connectivity index (χ0v) is 15.1. The molecular weight excluding hydrogens is 483 g/mol. The molecule has 0 spiro atoms. The second-order valence-corrected chi connectivity index (χ2v) is 2.87. The summed E-state index contributed by atoms with van der Waals surface area (Å²) in [7, 11) is 0. The molecule has 1 N–H and O–H groups in total. The van der Waals surface area contributed by atoms with Gasteiger partial charge in [-0.15, -0.1) is 16.3 Å². The number of rotatable bonds is 3. The van der Waals surface area contributed by atoms with E-state index in [4.69, 9.17) is 5.73 Å². The molecule has 1 amide bonds. The van der Waals surface area contributed by atoms with Crippen LogP contribution in [-0.4, -0.2) is 36.1 Å². The largest absolute Gasteiger partial charge is 0.673 e. The van der Waals surface area contributed by atoms with Crippen LogP contribution in [0.3, 0.4) is 0 Å². The van der Waals surface area contributed by atoms with E-state index in [2.05, 4.69) is 31.7 Å². The van der Waals surface area contributed by atoms with Crippen LogP contribution in [-0.2, 0) is 60.3 Å². The predicted molar refractivity (Wildman–Crippen MR) is 52.0 cm³/mol. The molecule has 0 aliphatic heterocycles. The van der Waals surface area contributed by atoms with Crippen molar-refractivity contribution < 1.29 is 58.6 Å². The summed E-state index contributed by atoms with van der Waals surface area (Å²) in [6, 6.07) is 1.34. The van der Waals surface area contributed by atoms with Crippen molar-refractivity contribution in [1.29, 1.82) is 0 Å². The molecule has 0 bridgehead atoms. The summed E-state index contributed by atoms with van der Waals surface area (Å²) >= 11 is 0. The quantitative estimate of drug-likeness (QED) is 0.567. The van der Waals surface area contributed by atoms with Gasteiger partial charge in [-0.1, -0.05) is 0 Å². The normalized spacial score (nSPS) is 9.17. The summed E-state index contributed by atoms with van der Waals surface area (Å²) in [6.45, 7) is 2.46. The van der Waals surface area contributed by atoms with Gasteiger partial charge in [-0.2, -0.15) is 4.80 Å². The molecular formula is C8H7N7OWY-2. The fraction of sp³-hybridized carbons (Fsp3) is 0.250. The molecule has 0 aromatic carbocycles. The first-order valence-electron chi connectivity index (χ1n) is 4.50. The molecule has 18 heavy (non-hydrogen) atoms. The minimum Gasteiger partial charge on any atom is -0.673 e. The number of nitrogens with one attached hydrogen (secondary N) is 1. The molecule has 2 rings (SSSR count). The molecule has 2 aromatic rings. The summed E-state index contributed by atoms with van der Waals surface area (Å²) in [6.07, 6.45) is 2.28. The minimum absolute atomic E-state index is 0. The van der Waals surface area contributed by atoms with Crippen LogP contribution >= 0.6 is 0 Å². The number of carbonyl (C=O) groups is 1. The molecule has 0 aliphatic rings. The van der Waals surface area contributed by atoms with Gasteiger partial charge in [0.2, 0.25) is 0 Å². The Morgan fingerprint density at radius 2 is 2.22 bits per heavy atom. The Bertz CT molecular complexity index is 532. The molecule has 0 aliphatic carbocycles. The van der Waals surface area contributed by atoms with Crippen LogP contribution < -0.4 is 0 Å². The van der Waals surface area contributed by atoms with Crippen LogP contribution in [0, 0.1) is 6.33 Å². The fourth-order valence-electron chi connectivity index (χ4n) is 1.04. The van der Waals surface area contributed by atoms with E-state index in [9.17, 15) is 4.79 Å². The molecule has 0 unspecified atom stereocenters. The van der Waals surface area contributed by atoms with Crippen LogP contribution in [0.5, 0.6) is 0 Å². The molecule has 1 radical (unpaired) electrons.